The van der Waals surface area contributed by atoms with Gasteiger partial charge in [-0.25, -0.2) is 9.59 Å². The van der Waals surface area contributed by atoms with E-state index in [2.05, 4.69) is 15.2 Å². The lowest BCUT2D eigenvalue weighted by Crippen LogP contribution is -2.34. The first-order valence-electron chi connectivity index (χ1n) is 6.78. The van der Waals surface area contributed by atoms with Crippen LogP contribution in [0, 0.1) is 0 Å². The molecule has 0 bridgehead atoms. The fraction of sp³-hybridized carbons (Fsp3) is 0.571. The summed E-state index contributed by atoms with van der Waals surface area (Å²) >= 11 is 0. The predicted molar refractivity (Wildman–Crippen MR) is 81.7 cm³/mol. The number of ether oxygens (including phenoxy) is 2. The average Bonchev–Trinajstić information content (AvgIpc) is 2.81. The van der Waals surface area contributed by atoms with Gasteiger partial charge in [0.05, 0.1) is 6.54 Å². The number of aromatic nitrogens is 2. The molecule has 9 heteroatoms. The number of methoxy groups -OCH3 is 1. The molecule has 0 fully saturated rings. The van der Waals surface area contributed by atoms with Crippen molar-refractivity contribution >= 4 is 18.3 Å². The molecule has 0 radical (unpaired) electrons. The Hall–Kier alpha value is -2.42. The van der Waals surface area contributed by atoms with Crippen LogP contribution in [0.25, 0.3) is 0 Å². The highest BCUT2D eigenvalue weighted by molar-refractivity contribution is 5.88. The molecule has 0 spiro atoms. The van der Waals surface area contributed by atoms with Gasteiger partial charge in [0.1, 0.15) is 17.0 Å². The highest BCUT2D eigenvalue weighted by atomic mass is 16.6. The van der Waals surface area contributed by atoms with Gasteiger partial charge in [0, 0.05) is 26.8 Å². The van der Waals surface area contributed by atoms with Crippen molar-refractivity contribution in [3.63, 3.8) is 0 Å². The Morgan fingerprint density at radius 3 is 2.39 bits per heavy atom. The Balaban J connectivity index is 0.00000149. The Labute approximate surface area is 134 Å². The van der Waals surface area contributed by atoms with Crippen LogP contribution in [0.4, 0.5) is 4.79 Å². The monoisotopic (exact) mass is 329 g/mol. The number of hydrogen-bond donors (Lipinski definition) is 2. The molecule has 0 aliphatic rings. The van der Waals surface area contributed by atoms with Gasteiger partial charge in [-0.05, 0) is 20.8 Å². The van der Waals surface area contributed by atoms with E-state index in [1.807, 2.05) is 0 Å². The molecule has 0 aliphatic carbocycles. The number of carboxylic acids is 1. The first-order valence-corrected chi connectivity index (χ1v) is 6.78. The summed E-state index contributed by atoms with van der Waals surface area (Å²) in [6.07, 6.45) is -0.137. The molecule has 9 nitrogen and oxygen atoms in total. The molecule has 0 saturated heterocycles. The quantitative estimate of drug-likeness (QED) is 0.778. The zero-order valence-electron chi connectivity index (χ0n) is 14.0. The number of aromatic carboxylic acids is 1. The number of alkyl carbamates (subject to hydrolysis) is 1. The maximum absolute atomic E-state index is 11.4. The van der Waals surface area contributed by atoms with Crippen molar-refractivity contribution in [2.24, 2.45) is 0 Å². The van der Waals surface area contributed by atoms with Gasteiger partial charge in [-0.15, -0.1) is 0 Å². The van der Waals surface area contributed by atoms with E-state index in [-0.39, 0.29) is 24.5 Å². The summed E-state index contributed by atoms with van der Waals surface area (Å²) < 4.78 is 10.4. The Bertz CT molecular complexity index is 533. The maximum Gasteiger partial charge on any atom is 0.407 e. The van der Waals surface area contributed by atoms with Crippen molar-refractivity contribution in [1.82, 2.24) is 15.1 Å². The summed E-state index contributed by atoms with van der Waals surface area (Å²) in [5, 5.41) is 15.2. The minimum atomic E-state index is -1.19. The lowest BCUT2D eigenvalue weighted by Gasteiger charge is -2.19. The summed E-state index contributed by atoms with van der Waals surface area (Å²) in [7, 11) is 3.25. The highest BCUT2D eigenvalue weighted by Crippen LogP contribution is 2.06. The SMILES string of the molecule is CC(C)(C)OC(=O)NCCn1nc(C=O)cc1C(=O)O.COC. The second-order valence-corrected chi connectivity index (χ2v) is 5.44. The number of aldehydes is 1. The molecule has 1 heterocycles. The minimum Gasteiger partial charge on any atom is -0.477 e. The molecule has 23 heavy (non-hydrogen) atoms. The molecule has 0 aromatic carbocycles. The second kappa shape index (κ2) is 9.57. The third-order valence-corrected chi connectivity index (χ3v) is 2.13. The van der Waals surface area contributed by atoms with Crippen LogP contribution in [-0.2, 0) is 16.0 Å². The van der Waals surface area contributed by atoms with Gasteiger partial charge >= 0.3 is 12.1 Å². The Morgan fingerprint density at radius 1 is 1.39 bits per heavy atom. The van der Waals surface area contributed by atoms with Crippen LogP contribution in [0.2, 0.25) is 0 Å². The Kier molecular flexibility index (Phi) is 8.56. The molecule has 0 atom stereocenters. The van der Waals surface area contributed by atoms with Crippen molar-refractivity contribution in [2.75, 3.05) is 20.8 Å². The average molecular weight is 329 g/mol. The van der Waals surface area contributed by atoms with E-state index in [1.54, 1.807) is 35.0 Å². The van der Waals surface area contributed by atoms with Gasteiger partial charge in [-0.1, -0.05) is 0 Å². The molecule has 1 rings (SSSR count). The number of amides is 1. The second-order valence-electron chi connectivity index (χ2n) is 5.44. The molecule has 1 amide bonds. The largest absolute Gasteiger partial charge is 0.477 e. The van der Waals surface area contributed by atoms with Gasteiger partial charge in [0.25, 0.3) is 0 Å². The minimum absolute atomic E-state index is 0.0275. The molecule has 1 aromatic rings. The third-order valence-electron chi connectivity index (χ3n) is 2.13. The number of nitrogens with zero attached hydrogens (tertiary/aromatic N) is 2. The molecule has 2 N–H and O–H groups in total. The van der Waals surface area contributed by atoms with Crippen LogP contribution in [0.5, 0.6) is 0 Å². The van der Waals surface area contributed by atoms with E-state index >= 15 is 0 Å². The summed E-state index contributed by atoms with van der Waals surface area (Å²) in [5.74, 6) is -1.19. The fourth-order valence-corrected chi connectivity index (χ4v) is 1.41. The molecule has 0 saturated carbocycles. The number of nitrogens with one attached hydrogen (secondary N) is 1. The van der Waals surface area contributed by atoms with E-state index in [0.29, 0.717) is 6.29 Å². The van der Waals surface area contributed by atoms with Crippen molar-refractivity contribution < 1.29 is 29.0 Å². The van der Waals surface area contributed by atoms with Crippen molar-refractivity contribution in [1.29, 1.82) is 0 Å². The molecular weight excluding hydrogens is 306 g/mol. The van der Waals surface area contributed by atoms with E-state index in [0.717, 1.165) is 4.68 Å². The fourth-order valence-electron chi connectivity index (χ4n) is 1.41. The molecule has 0 aliphatic heterocycles. The topological polar surface area (TPSA) is 120 Å². The molecule has 0 unspecified atom stereocenters. The molecule has 130 valence electrons. The number of hydrogen-bond acceptors (Lipinski definition) is 6. The first kappa shape index (κ1) is 20.6. The van der Waals surface area contributed by atoms with Gasteiger partial charge in [-0.3, -0.25) is 9.48 Å². The summed E-state index contributed by atoms with van der Waals surface area (Å²) in [4.78, 5) is 32.9. The van der Waals surface area contributed by atoms with Crippen LogP contribution < -0.4 is 5.32 Å². The lowest BCUT2D eigenvalue weighted by atomic mass is 10.2. The number of carboxylic acid groups (broad SMARTS) is 1. The summed E-state index contributed by atoms with van der Waals surface area (Å²) in [6.45, 7) is 5.46. The summed E-state index contributed by atoms with van der Waals surface area (Å²) in [5.41, 5.74) is -0.690. The molecular formula is C14H23N3O6. The zero-order valence-corrected chi connectivity index (χ0v) is 14.0. The van der Waals surface area contributed by atoms with Crippen LogP contribution in [0.1, 0.15) is 41.7 Å². The smallest absolute Gasteiger partial charge is 0.407 e. The summed E-state index contributed by atoms with van der Waals surface area (Å²) in [6, 6.07) is 1.17. The van der Waals surface area contributed by atoms with Crippen LogP contribution in [0.3, 0.4) is 0 Å². The van der Waals surface area contributed by atoms with Crippen molar-refractivity contribution in [3.8, 4) is 0 Å². The predicted octanol–water partition coefficient (Wildman–Crippen LogP) is 1.18. The van der Waals surface area contributed by atoms with Crippen LogP contribution in [0.15, 0.2) is 6.07 Å². The standard InChI is InChI=1S/C12H17N3O5.C2H6O/c1-12(2,3)20-11(19)13-4-5-15-9(10(17)18)6-8(7-16)14-15;1-3-2/h6-7H,4-5H2,1-3H3,(H,13,19)(H,17,18);1-2H3. The van der Waals surface area contributed by atoms with Gasteiger partial charge < -0.3 is 19.9 Å². The van der Waals surface area contributed by atoms with E-state index in [4.69, 9.17) is 9.84 Å². The first-order chi connectivity index (χ1) is 10.6. The van der Waals surface area contributed by atoms with Crippen LogP contribution >= 0.6 is 0 Å². The van der Waals surface area contributed by atoms with E-state index in [1.165, 1.54) is 6.07 Å². The Morgan fingerprint density at radius 2 is 1.96 bits per heavy atom. The number of carbonyl (C=O) groups is 3. The van der Waals surface area contributed by atoms with Gasteiger partial charge in [0.2, 0.25) is 0 Å². The van der Waals surface area contributed by atoms with E-state index < -0.39 is 17.7 Å². The van der Waals surface area contributed by atoms with Crippen molar-refractivity contribution in [2.45, 2.75) is 32.9 Å². The highest BCUT2D eigenvalue weighted by Gasteiger charge is 2.17. The normalized spacial score (nSPS) is 10.3. The molecule has 1 aromatic heterocycles. The lowest BCUT2D eigenvalue weighted by molar-refractivity contribution is 0.0525. The van der Waals surface area contributed by atoms with Crippen LogP contribution in [-0.4, -0.2) is 59.6 Å². The van der Waals surface area contributed by atoms with E-state index in [9.17, 15) is 14.4 Å². The van der Waals surface area contributed by atoms with Gasteiger partial charge in [0.15, 0.2) is 6.29 Å². The number of carbonyl (C=O) groups excluding carboxylic acids is 2. The zero-order chi connectivity index (χ0) is 18.0. The van der Waals surface area contributed by atoms with Crippen molar-refractivity contribution in [3.05, 3.63) is 17.5 Å². The third kappa shape index (κ3) is 8.57. The van der Waals surface area contributed by atoms with Gasteiger partial charge in [-0.2, -0.15) is 5.10 Å². The number of rotatable bonds is 5. The maximum atomic E-state index is 11.4.